The highest BCUT2D eigenvalue weighted by molar-refractivity contribution is 7.99. The number of aromatic nitrogens is 6. The first-order valence-electron chi connectivity index (χ1n) is 6.30. The second kappa shape index (κ2) is 5.12. The molecule has 0 saturated heterocycles. The molecular formula is C13H8Cl2N6S. The SMILES string of the molecule is Cc1cc(Sc2nc3c(Cl)cc(Cl)cc3[nH]2)n2ncnc2n1. The summed E-state index contributed by atoms with van der Waals surface area (Å²) in [6.07, 6.45) is 1.47. The first-order valence-corrected chi connectivity index (χ1v) is 7.87. The molecule has 0 spiro atoms. The summed E-state index contributed by atoms with van der Waals surface area (Å²) in [5.41, 5.74) is 2.34. The lowest BCUT2D eigenvalue weighted by Crippen LogP contribution is -1.97. The van der Waals surface area contributed by atoms with E-state index in [4.69, 9.17) is 23.2 Å². The summed E-state index contributed by atoms with van der Waals surface area (Å²) in [7, 11) is 0. The number of benzene rings is 1. The number of imidazole rings is 1. The molecule has 22 heavy (non-hydrogen) atoms. The molecule has 0 unspecified atom stereocenters. The highest BCUT2D eigenvalue weighted by Gasteiger charge is 2.12. The van der Waals surface area contributed by atoms with Crippen LogP contribution in [0, 0.1) is 6.92 Å². The Morgan fingerprint density at radius 2 is 2.05 bits per heavy atom. The van der Waals surface area contributed by atoms with Crippen molar-refractivity contribution in [3.8, 4) is 0 Å². The van der Waals surface area contributed by atoms with Crippen LogP contribution in [0.4, 0.5) is 0 Å². The molecule has 0 fully saturated rings. The van der Waals surface area contributed by atoms with Gasteiger partial charge < -0.3 is 4.98 Å². The summed E-state index contributed by atoms with van der Waals surface area (Å²) in [6, 6.07) is 5.39. The molecule has 0 atom stereocenters. The molecule has 6 nitrogen and oxygen atoms in total. The molecule has 0 aliphatic heterocycles. The standard InChI is InChI=1S/C13H8Cl2N6S/c1-6-2-10(21-12(18-6)16-5-17-21)22-13-19-9-4-7(14)3-8(15)11(9)20-13/h2-5H,1H3,(H,19,20). The quantitative estimate of drug-likeness (QED) is 0.557. The van der Waals surface area contributed by atoms with Gasteiger partial charge >= 0.3 is 0 Å². The molecule has 110 valence electrons. The Labute approximate surface area is 138 Å². The summed E-state index contributed by atoms with van der Waals surface area (Å²) >= 11 is 13.6. The Kier molecular flexibility index (Phi) is 3.21. The molecule has 0 aliphatic rings. The van der Waals surface area contributed by atoms with Gasteiger partial charge in [0.15, 0.2) is 5.16 Å². The minimum Gasteiger partial charge on any atom is -0.332 e. The van der Waals surface area contributed by atoms with Crippen molar-refractivity contribution in [2.45, 2.75) is 17.1 Å². The number of H-pyrrole nitrogens is 1. The van der Waals surface area contributed by atoms with Crippen molar-refractivity contribution in [3.05, 3.63) is 40.3 Å². The van der Waals surface area contributed by atoms with Crippen molar-refractivity contribution in [1.82, 2.24) is 29.5 Å². The zero-order valence-corrected chi connectivity index (χ0v) is 13.5. The second-order valence-corrected chi connectivity index (χ2v) is 6.49. The van der Waals surface area contributed by atoms with Gasteiger partial charge in [0.05, 0.1) is 10.5 Å². The first kappa shape index (κ1) is 13.8. The normalized spacial score (nSPS) is 11.6. The lowest BCUT2D eigenvalue weighted by atomic mass is 10.3. The summed E-state index contributed by atoms with van der Waals surface area (Å²) in [5, 5.41) is 6.82. The van der Waals surface area contributed by atoms with Gasteiger partial charge in [0.25, 0.3) is 5.78 Å². The van der Waals surface area contributed by atoms with Gasteiger partial charge in [-0.05, 0) is 36.9 Å². The third kappa shape index (κ3) is 2.31. The molecule has 3 aromatic heterocycles. The molecule has 0 amide bonds. The number of rotatable bonds is 2. The van der Waals surface area contributed by atoms with Crippen LogP contribution < -0.4 is 0 Å². The monoisotopic (exact) mass is 350 g/mol. The lowest BCUT2D eigenvalue weighted by Gasteiger charge is -2.02. The Morgan fingerprint density at radius 1 is 1.18 bits per heavy atom. The number of fused-ring (bicyclic) bond motifs is 2. The van der Waals surface area contributed by atoms with E-state index in [0.717, 1.165) is 16.2 Å². The van der Waals surface area contributed by atoms with Gasteiger partial charge in [-0.2, -0.15) is 14.6 Å². The van der Waals surface area contributed by atoms with Crippen LogP contribution in [-0.4, -0.2) is 29.5 Å². The van der Waals surface area contributed by atoms with E-state index >= 15 is 0 Å². The van der Waals surface area contributed by atoms with Crippen LogP contribution in [0.15, 0.2) is 34.7 Å². The van der Waals surface area contributed by atoms with E-state index < -0.39 is 0 Å². The maximum absolute atomic E-state index is 6.17. The number of hydrogen-bond donors (Lipinski definition) is 1. The van der Waals surface area contributed by atoms with E-state index in [1.54, 1.807) is 16.6 Å². The predicted molar refractivity (Wildman–Crippen MR) is 85.8 cm³/mol. The second-order valence-electron chi connectivity index (χ2n) is 4.64. The van der Waals surface area contributed by atoms with Gasteiger partial charge in [-0.1, -0.05) is 23.2 Å². The fraction of sp³-hybridized carbons (Fsp3) is 0.0769. The van der Waals surface area contributed by atoms with Crippen molar-refractivity contribution >= 4 is 51.8 Å². The molecular weight excluding hydrogens is 343 g/mol. The van der Waals surface area contributed by atoms with Crippen LogP contribution in [0.1, 0.15) is 5.69 Å². The molecule has 1 N–H and O–H groups in total. The highest BCUT2D eigenvalue weighted by Crippen LogP contribution is 2.31. The van der Waals surface area contributed by atoms with Crippen molar-refractivity contribution in [1.29, 1.82) is 0 Å². The molecule has 9 heteroatoms. The van der Waals surface area contributed by atoms with Crippen LogP contribution in [0.3, 0.4) is 0 Å². The fourth-order valence-electron chi connectivity index (χ4n) is 2.14. The van der Waals surface area contributed by atoms with Gasteiger partial charge in [0, 0.05) is 10.7 Å². The third-order valence-electron chi connectivity index (χ3n) is 3.03. The van der Waals surface area contributed by atoms with Gasteiger partial charge in [-0.15, -0.1) is 0 Å². The number of nitrogens with zero attached hydrogens (tertiary/aromatic N) is 5. The van der Waals surface area contributed by atoms with Crippen LogP contribution in [0.5, 0.6) is 0 Å². The van der Waals surface area contributed by atoms with Crippen molar-refractivity contribution in [2.24, 2.45) is 0 Å². The van der Waals surface area contributed by atoms with E-state index in [9.17, 15) is 0 Å². The van der Waals surface area contributed by atoms with Crippen LogP contribution >= 0.6 is 35.0 Å². The molecule has 0 bridgehead atoms. The molecule has 4 rings (SSSR count). The zero-order valence-electron chi connectivity index (χ0n) is 11.2. The smallest absolute Gasteiger partial charge is 0.253 e. The van der Waals surface area contributed by atoms with Gasteiger partial charge in [0.1, 0.15) is 16.9 Å². The Bertz CT molecular complexity index is 1010. The van der Waals surface area contributed by atoms with Crippen molar-refractivity contribution < 1.29 is 0 Å². The maximum Gasteiger partial charge on any atom is 0.253 e. The molecule has 0 radical (unpaired) electrons. The van der Waals surface area contributed by atoms with E-state index in [1.807, 2.05) is 13.0 Å². The predicted octanol–water partition coefficient (Wildman–Crippen LogP) is 3.77. The van der Waals surface area contributed by atoms with Crippen LogP contribution in [0.25, 0.3) is 16.8 Å². The van der Waals surface area contributed by atoms with Gasteiger partial charge in [-0.25, -0.2) is 9.97 Å². The average Bonchev–Trinajstić information content (AvgIpc) is 3.04. The summed E-state index contributed by atoms with van der Waals surface area (Å²) in [4.78, 5) is 16.1. The van der Waals surface area contributed by atoms with Crippen LogP contribution in [0.2, 0.25) is 10.0 Å². The summed E-state index contributed by atoms with van der Waals surface area (Å²) in [5.74, 6) is 0.555. The topological polar surface area (TPSA) is 71.8 Å². The summed E-state index contributed by atoms with van der Waals surface area (Å²) < 4.78 is 1.67. The zero-order chi connectivity index (χ0) is 15.3. The third-order valence-corrected chi connectivity index (χ3v) is 4.42. The number of nitrogens with one attached hydrogen (secondary N) is 1. The van der Waals surface area contributed by atoms with Gasteiger partial charge in [0.2, 0.25) is 0 Å². The number of halogens is 2. The number of aromatic amines is 1. The average molecular weight is 351 g/mol. The number of hydrogen-bond acceptors (Lipinski definition) is 5. The molecule has 1 aromatic carbocycles. The van der Waals surface area contributed by atoms with E-state index in [2.05, 4.69) is 25.0 Å². The van der Waals surface area contributed by atoms with Crippen molar-refractivity contribution in [3.63, 3.8) is 0 Å². The molecule has 4 aromatic rings. The fourth-order valence-corrected chi connectivity index (χ4v) is 3.61. The Morgan fingerprint density at radius 3 is 2.91 bits per heavy atom. The summed E-state index contributed by atoms with van der Waals surface area (Å²) in [6.45, 7) is 1.91. The largest absolute Gasteiger partial charge is 0.332 e. The van der Waals surface area contributed by atoms with Gasteiger partial charge in [-0.3, -0.25) is 0 Å². The minimum atomic E-state index is 0.516. The number of aryl methyl sites for hydroxylation is 1. The van der Waals surface area contributed by atoms with Crippen molar-refractivity contribution in [2.75, 3.05) is 0 Å². The van der Waals surface area contributed by atoms with E-state index in [-0.39, 0.29) is 0 Å². The molecule has 0 saturated carbocycles. The van der Waals surface area contributed by atoms with E-state index in [1.165, 1.54) is 18.1 Å². The molecule has 0 aliphatic carbocycles. The Hall–Kier alpha value is -1.83. The maximum atomic E-state index is 6.17. The highest BCUT2D eigenvalue weighted by atomic mass is 35.5. The molecule has 3 heterocycles. The minimum absolute atomic E-state index is 0.516. The Balaban J connectivity index is 1.82. The van der Waals surface area contributed by atoms with Crippen LogP contribution in [-0.2, 0) is 0 Å². The first-order chi connectivity index (χ1) is 10.6. The van der Waals surface area contributed by atoms with E-state index in [0.29, 0.717) is 26.5 Å². The lowest BCUT2D eigenvalue weighted by molar-refractivity contribution is 0.831.